The molecule has 0 bridgehead atoms. The Morgan fingerprint density at radius 3 is 2.72 bits per heavy atom. The first-order valence-electron chi connectivity index (χ1n) is 7.79. The van der Waals surface area contributed by atoms with Crippen molar-refractivity contribution >= 4 is 29.8 Å². The second kappa shape index (κ2) is 7.56. The zero-order chi connectivity index (χ0) is 17.6. The van der Waals surface area contributed by atoms with Gasteiger partial charge < -0.3 is 19.9 Å². The minimum absolute atomic E-state index is 0.284. The number of nitrogens with zero attached hydrogens (tertiary/aromatic N) is 5. The number of methoxy groups -OCH3 is 1. The summed E-state index contributed by atoms with van der Waals surface area (Å²) in [7, 11) is 1.33. The van der Waals surface area contributed by atoms with Crippen LogP contribution in [-0.4, -0.2) is 65.7 Å². The molecule has 2 aromatic rings. The minimum atomic E-state index is -0.447. The van der Waals surface area contributed by atoms with E-state index in [9.17, 15) is 9.59 Å². The molecule has 9 heteroatoms. The minimum Gasteiger partial charge on any atom is -0.465 e. The molecule has 0 spiro atoms. The summed E-state index contributed by atoms with van der Waals surface area (Å²) in [6.45, 7) is 2.63. The smallest absolute Gasteiger partial charge is 0.339 e. The Labute approximate surface area is 144 Å². The third-order valence-corrected chi connectivity index (χ3v) is 3.91. The van der Waals surface area contributed by atoms with Gasteiger partial charge in [0, 0.05) is 26.2 Å². The Kier molecular flexibility index (Phi) is 5.03. The molecule has 0 saturated carbocycles. The van der Waals surface area contributed by atoms with Crippen LogP contribution < -0.4 is 10.2 Å². The van der Waals surface area contributed by atoms with E-state index in [-0.39, 0.29) is 5.95 Å². The average molecular weight is 342 g/mol. The molecule has 1 aliphatic heterocycles. The predicted molar refractivity (Wildman–Crippen MR) is 90.7 cm³/mol. The van der Waals surface area contributed by atoms with E-state index in [0.717, 1.165) is 6.41 Å². The first-order valence-corrected chi connectivity index (χ1v) is 7.79. The van der Waals surface area contributed by atoms with Gasteiger partial charge in [-0.25, -0.2) is 4.79 Å². The van der Waals surface area contributed by atoms with Crippen LogP contribution in [0.3, 0.4) is 0 Å². The van der Waals surface area contributed by atoms with Crippen molar-refractivity contribution in [3.05, 3.63) is 36.0 Å². The molecular formula is C16H18N6O3. The maximum Gasteiger partial charge on any atom is 0.339 e. The fourth-order valence-corrected chi connectivity index (χ4v) is 2.56. The molecule has 25 heavy (non-hydrogen) atoms. The third kappa shape index (κ3) is 3.82. The van der Waals surface area contributed by atoms with Gasteiger partial charge in [0.15, 0.2) is 5.82 Å². The van der Waals surface area contributed by atoms with Gasteiger partial charge in [-0.2, -0.15) is 10.1 Å². The summed E-state index contributed by atoms with van der Waals surface area (Å²) in [4.78, 5) is 30.8. The fraction of sp³-hybridized carbons (Fsp3) is 0.312. The number of benzene rings is 1. The lowest BCUT2D eigenvalue weighted by Gasteiger charge is -2.33. The number of para-hydroxylation sites is 1. The molecule has 1 saturated heterocycles. The van der Waals surface area contributed by atoms with Crippen LogP contribution in [0.5, 0.6) is 0 Å². The van der Waals surface area contributed by atoms with Crippen molar-refractivity contribution in [2.24, 2.45) is 0 Å². The first kappa shape index (κ1) is 16.6. The Balaban J connectivity index is 1.77. The summed E-state index contributed by atoms with van der Waals surface area (Å²) in [5.74, 6) is 0.502. The lowest BCUT2D eigenvalue weighted by atomic mass is 10.2. The van der Waals surface area contributed by atoms with Gasteiger partial charge in [-0.3, -0.25) is 4.79 Å². The molecule has 130 valence electrons. The van der Waals surface area contributed by atoms with Crippen LogP contribution in [0.15, 0.2) is 30.5 Å². The number of piperazine rings is 1. The molecule has 1 N–H and O–H groups in total. The Morgan fingerprint density at radius 2 is 2.00 bits per heavy atom. The number of carbonyl (C=O) groups is 2. The lowest BCUT2D eigenvalue weighted by Crippen LogP contribution is -2.46. The standard InChI is InChI=1S/C16H18N6O3/c1-25-15(24)12-4-2-3-5-13(12)18-16-19-14(10-17-20-16)22-8-6-21(11-23)7-9-22/h2-5,10-11H,6-9H2,1H3,(H,18,19,20). The number of nitrogens with one attached hydrogen (secondary N) is 1. The van der Waals surface area contributed by atoms with Crippen molar-refractivity contribution in [3.63, 3.8) is 0 Å². The van der Waals surface area contributed by atoms with Gasteiger partial charge in [-0.05, 0) is 12.1 Å². The molecule has 1 aromatic heterocycles. The number of ether oxygens (including phenoxy) is 1. The van der Waals surface area contributed by atoms with Gasteiger partial charge in [0.25, 0.3) is 0 Å². The van der Waals surface area contributed by atoms with E-state index in [1.807, 2.05) is 4.90 Å². The number of hydrogen-bond donors (Lipinski definition) is 1. The molecule has 1 amide bonds. The van der Waals surface area contributed by atoms with Gasteiger partial charge in [0.05, 0.1) is 24.6 Å². The monoisotopic (exact) mass is 342 g/mol. The van der Waals surface area contributed by atoms with E-state index in [1.165, 1.54) is 7.11 Å². The quantitative estimate of drug-likeness (QED) is 0.625. The maximum atomic E-state index is 11.8. The summed E-state index contributed by atoms with van der Waals surface area (Å²) in [5, 5.41) is 11.0. The molecular weight excluding hydrogens is 324 g/mol. The molecule has 0 radical (unpaired) electrons. The molecule has 3 rings (SSSR count). The summed E-state index contributed by atoms with van der Waals surface area (Å²) in [6.07, 6.45) is 2.43. The van der Waals surface area contributed by atoms with Crippen molar-refractivity contribution < 1.29 is 14.3 Å². The van der Waals surface area contributed by atoms with Crippen LogP contribution in [0.4, 0.5) is 17.5 Å². The van der Waals surface area contributed by atoms with E-state index in [2.05, 4.69) is 20.5 Å². The van der Waals surface area contributed by atoms with Crippen molar-refractivity contribution in [1.29, 1.82) is 0 Å². The van der Waals surface area contributed by atoms with Crippen molar-refractivity contribution in [2.75, 3.05) is 43.5 Å². The van der Waals surface area contributed by atoms with Crippen LogP contribution in [0.1, 0.15) is 10.4 Å². The molecule has 0 aliphatic carbocycles. The van der Waals surface area contributed by atoms with Gasteiger partial charge in [0.2, 0.25) is 12.4 Å². The van der Waals surface area contributed by atoms with Crippen molar-refractivity contribution in [3.8, 4) is 0 Å². The Morgan fingerprint density at radius 1 is 1.24 bits per heavy atom. The predicted octanol–water partition coefficient (Wildman–Crippen LogP) is 0.680. The Hall–Kier alpha value is -3.23. The normalized spacial score (nSPS) is 14.1. The fourth-order valence-electron chi connectivity index (χ4n) is 2.56. The molecule has 0 unspecified atom stereocenters. The van der Waals surface area contributed by atoms with Crippen LogP contribution in [-0.2, 0) is 9.53 Å². The van der Waals surface area contributed by atoms with Gasteiger partial charge in [-0.1, -0.05) is 12.1 Å². The highest BCUT2D eigenvalue weighted by Crippen LogP contribution is 2.20. The van der Waals surface area contributed by atoms with Crippen LogP contribution in [0, 0.1) is 0 Å². The topological polar surface area (TPSA) is 101 Å². The van der Waals surface area contributed by atoms with Crippen LogP contribution in [0.25, 0.3) is 0 Å². The number of carbonyl (C=O) groups excluding carboxylic acids is 2. The lowest BCUT2D eigenvalue weighted by molar-refractivity contribution is -0.118. The van der Waals surface area contributed by atoms with E-state index >= 15 is 0 Å². The molecule has 1 aromatic carbocycles. The first-order chi connectivity index (χ1) is 12.2. The second-order valence-electron chi connectivity index (χ2n) is 5.43. The molecule has 2 heterocycles. The van der Waals surface area contributed by atoms with E-state index in [4.69, 9.17) is 4.74 Å². The second-order valence-corrected chi connectivity index (χ2v) is 5.43. The zero-order valence-corrected chi connectivity index (χ0v) is 13.8. The van der Waals surface area contributed by atoms with E-state index in [0.29, 0.717) is 43.2 Å². The number of esters is 1. The largest absolute Gasteiger partial charge is 0.465 e. The number of hydrogen-bond acceptors (Lipinski definition) is 8. The van der Waals surface area contributed by atoms with Crippen LogP contribution >= 0.6 is 0 Å². The summed E-state index contributed by atoms with van der Waals surface area (Å²) >= 11 is 0. The van der Waals surface area contributed by atoms with Gasteiger partial charge in [-0.15, -0.1) is 5.10 Å². The highest BCUT2D eigenvalue weighted by molar-refractivity contribution is 5.96. The summed E-state index contributed by atoms with van der Waals surface area (Å²) in [6, 6.07) is 6.94. The van der Waals surface area contributed by atoms with Gasteiger partial charge in [0.1, 0.15) is 0 Å². The molecule has 9 nitrogen and oxygen atoms in total. The van der Waals surface area contributed by atoms with Crippen LogP contribution in [0.2, 0.25) is 0 Å². The zero-order valence-electron chi connectivity index (χ0n) is 13.8. The van der Waals surface area contributed by atoms with Gasteiger partial charge >= 0.3 is 5.97 Å². The Bertz CT molecular complexity index is 761. The van der Waals surface area contributed by atoms with Crippen molar-refractivity contribution in [2.45, 2.75) is 0 Å². The molecule has 1 aliphatic rings. The maximum absolute atomic E-state index is 11.8. The summed E-state index contributed by atoms with van der Waals surface area (Å²) < 4.78 is 4.78. The number of amides is 1. The highest BCUT2D eigenvalue weighted by Gasteiger charge is 2.18. The molecule has 0 atom stereocenters. The summed E-state index contributed by atoms with van der Waals surface area (Å²) in [5.41, 5.74) is 0.928. The molecule has 1 fully saturated rings. The highest BCUT2D eigenvalue weighted by atomic mass is 16.5. The van der Waals surface area contributed by atoms with Crippen molar-refractivity contribution in [1.82, 2.24) is 20.1 Å². The third-order valence-electron chi connectivity index (χ3n) is 3.91. The number of aromatic nitrogens is 3. The average Bonchev–Trinajstić information content (AvgIpc) is 2.68. The SMILES string of the molecule is COC(=O)c1ccccc1Nc1nncc(N2CCN(C=O)CC2)n1. The number of rotatable bonds is 5. The van der Waals surface area contributed by atoms with E-state index in [1.54, 1.807) is 35.4 Å². The number of anilines is 3. The van der Waals surface area contributed by atoms with E-state index < -0.39 is 5.97 Å².